The van der Waals surface area contributed by atoms with Crippen molar-refractivity contribution < 1.29 is 18.3 Å². The van der Waals surface area contributed by atoms with Crippen molar-refractivity contribution in [2.45, 2.75) is 39.5 Å². The second-order valence-corrected chi connectivity index (χ2v) is 11.7. The van der Waals surface area contributed by atoms with Crippen LogP contribution in [0.25, 0.3) is 5.69 Å². The molecule has 0 fully saturated rings. The van der Waals surface area contributed by atoms with E-state index in [1.165, 1.54) is 36.4 Å². The van der Waals surface area contributed by atoms with Crippen LogP contribution in [0.1, 0.15) is 43.9 Å². The second kappa shape index (κ2) is 11.0. The lowest BCUT2D eigenvalue weighted by Crippen LogP contribution is -2.44. The SMILES string of the molecule is Cc1nn(-c2ccccc2)c(Oc2ccc(F)cc2)c1C1C(C#N)=C(N)N(Nc2ccc(F)cc2)C2=C1C(=O)CC(C)(C)C2. The Morgan fingerprint density at radius 3 is 2.27 bits per heavy atom. The molecule has 0 saturated heterocycles. The van der Waals surface area contributed by atoms with E-state index >= 15 is 0 Å². The maximum Gasteiger partial charge on any atom is 0.227 e. The maximum absolute atomic E-state index is 14.1. The average molecular weight is 593 g/mol. The molecule has 0 radical (unpaired) electrons. The number of carbonyl (C=O) groups is 1. The zero-order valence-corrected chi connectivity index (χ0v) is 24.4. The van der Waals surface area contributed by atoms with E-state index in [-0.39, 0.29) is 29.5 Å². The molecular weight excluding hydrogens is 562 g/mol. The van der Waals surface area contributed by atoms with Gasteiger partial charge in [0, 0.05) is 12.0 Å². The first-order chi connectivity index (χ1) is 21.1. The Bertz CT molecular complexity index is 1850. The van der Waals surface area contributed by atoms with E-state index in [0.29, 0.717) is 46.1 Å². The number of aromatic nitrogens is 2. The number of nitrogens with two attached hydrogens (primary N) is 1. The van der Waals surface area contributed by atoms with Gasteiger partial charge in [-0.15, -0.1) is 0 Å². The minimum Gasteiger partial charge on any atom is -0.439 e. The van der Waals surface area contributed by atoms with Crippen LogP contribution >= 0.6 is 0 Å². The molecule has 3 N–H and O–H groups in total. The fourth-order valence-electron chi connectivity index (χ4n) is 5.89. The molecule has 10 heteroatoms. The molecule has 0 saturated carbocycles. The number of hydrogen-bond acceptors (Lipinski definition) is 7. The summed E-state index contributed by atoms with van der Waals surface area (Å²) in [6.07, 6.45) is 0.726. The van der Waals surface area contributed by atoms with Crippen molar-refractivity contribution in [3.05, 3.63) is 124 Å². The molecule has 0 amide bonds. The quantitative estimate of drug-likeness (QED) is 0.248. The Kier molecular flexibility index (Phi) is 7.17. The largest absolute Gasteiger partial charge is 0.439 e. The minimum atomic E-state index is -0.891. The number of ketones is 1. The summed E-state index contributed by atoms with van der Waals surface area (Å²) in [7, 11) is 0. The molecule has 222 valence electrons. The van der Waals surface area contributed by atoms with Crippen LogP contribution in [0.3, 0.4) is 0 Å². The zero-order valence-electron chi connectivity index (χ0n) is 24.4. The highest BCUT2D eigenvalue weighted by molar-refractivity contribution is 6.00. The molecular formula is C34H30F2N6O2. The number of benzene rings is 3. The highest BCUT2D eigenvalue weighted by Gasteiger charge is 2.47. The van der Waals surface area contributed by atoms with E-state index < -0.39 is 23.0 Å². The van der Waals surface area contributed by atoms with Crippen LogP contribution in [0.4, 0.5) is 14.5 Å². The maximum atomic E-state index is 14.1. The number of nitrogens with one attached hydrogen (secondary N) is 1. The summed E-state index contributed by atoms with van der Waals surface area (Å²) in [6.45, 7) is 5.79. The van der Waals surface area contributed by atoms with Gasteiger partial charge < -0.3 is 10.5 Å². The number of hydrazine groups is 1. The third-order valence-corrected chi connectivity index (χ3v) is 7.85. The lowest BCUT2D eigenvalue weighted by molar-refractivity contribution is -0.118. The second-order valence-electron chi connectivity index (χ2n) is 11.7. The van der Waals surface area contributed by atoms with E-state index in [9.17, 15) is 18.8 Å². The predicted octanol–water partition coefficient (Wildman–Crippen LogP) is 7.01. The van der Waals surface area contributed by atoms with Crippen LogP contribution in [-0.4, -0.2) is 20.6 Å². The molecule has 6 rings (SSSR count). The first kappa shape index (κ1) is 28.7. The number of aryl methyl sites for hydroxylation is 1. The summed E-state index contributed by atoms with van der Waals surface area (Å²) in [5.41, 5.74) is 12.9. The summed E-state index contributed by atoms with van der Waals surface area (Å²) < 4.78 is 35.5. The molecule has 1 aliphatic heterocycles. The fraction of sp³-hybridized carbons (Fsp3) is 0.206. The summed E-state index contributed by atoms with van der Waals surface area (Å²) in [5, 5.41) is 16.9. The van der Waals surface area contributed by atoms with Gasteiger partial charge in [0.15, 0.2) is 5.78 Å². The number of anilines is 1. The van der Waals surface area contributed by atoms with Crippen molar-refractivity contribution in [3.63, 3.8) is 0 Å². The number of nitrogens with zero attached hydrogens (tertiary/aromatic N) is 4. The van der Waals surface area contributed by atoms with Crippen molar-refractivity contribution in [1.29, 1.82) is 5.26 Å². The van der Waals surface area contributed by atoms with Gasteiger partial charge >= 0.3 is 0 Å². The van der Waals surface area contributed by atoms with Gasteiger partial charge in [0.2, 0.25) is 5.88 Å². The van der Waals surface area contributed by atoms with Gasteiger partial charge in [0.05, 0.1) is 45.9 Å². The van der Waals surface area contributed by atoms with Crippen molar-refractivity contribution in [2.24, 2.45) is 11.1 Å². The Morgan fingerprint density at radius 2 is 1.64 bits per heavy atom. The van der Waals surface area contributed by atoms with Crippen LogP contribution in [0.15, 0.2) is 102 Å². The molecule has 1 atom stereocenters. The number of para-hydroxylation sites is 1. The van der Waals surface area contributed by atoms with E-state index in [2.05, 4.69) is 11.5 Å². The molecule has 1 aromatic heterocycles. The molecule has 8 nitrogen and oxygen atoms in total. The number of carbonyl (C=O) groups excluding carboxylic acids is 1. The van der Waals surface area contributed by atoms with Gasteiger partial charge in [-0.2, -0.15) is 10.4 Å². The van der Waals surface area contributed by atoms with Crippen LogP contribution in [0.2, 0.25) is 0 Å². The molecule has 3 aromatic carbocycles. The monoisotopic (exact) mass is 592 g/mol. The van der Waals surface area contributed by atoms with Gasteiger partial charge in [-0.3, -0.25) is 10.2 Å². The Morgan fingerprint density at radius 1 is 1.00 bits per heavy atom. The number of rotatable bonds is 6. The van der Waals surface area contributed by atoms with Gasteiger partial charge in [-0.1, -0.05) is 32.0 Å². The first-order valence-corrected chi connectivity index (χ1v) is 14.1. The molecule has 1 aliphatic carbocycles. The first-order valence-electron chi connectivity index (χ1n) is 14.1. The standard InChI is InChI=1S/C34H30F2N6O2/c1-20-29(33(44-25-15-11-22(36)12-16-25)41(39-20)24-7-5-4-6-8-24)30-26(19-37)32(38)42(40-23-13-9-21(35)10-14-23)27-17-34(2,3)18-28(43)31(27)30/h4-16,30,40H,17-18,38H2,1-3H3. The summed E-state index contributed by atoms with van der Waals surface area (Å²) in [6, 6.07) is 22.9. The van der Waals surface area contributed by atoms with Gasteiger partial charge in [0.25, 0.3) is 0 Å². The van der Waals surface area contributed by atoms with E-state index in [0.717, 1.165) is 0 Å². The Labute approximate surface area is 253 Å². The topological polar surface area (TPSA) is 109 Å². The third-order valence-electron chi connectivity index (χ3n) is 7.85. The zero-order chi connectivity index (χ0) is 31.2. The van der Waals surface area contributed by atoms with Crippen molar-refractivity contribution in [1.82, 2.24) is 14.8 Å². The lowest BCUT2D eigenvalue weighted by Gasteiger charge is -2.43. The van der Waals surface area contributed by atoms with Crippen LogP contribution in [-0.2, 0) is 4.79 Å². The molecule has 2 heterocycles. The smallest absolute Gasteiger partial charge is 0.227 e. The normalized spacial score (nSPS) is 17.8. The Hall–Kier alpha value is -5.43. The van der Waals surface area contributed by atoms with Gasteiger partial charge in [-0.25, -0.2) is 18.5 Å². The molecule has 4 aromatic rings. The Balaban J connectivity index is 1.58. The van der Waals surface area contributed by atoms with Crippen LogP contribution in [0, 0.1) is 35.3 Å². The predicted molar refractivity (Wildman–Crippen MR) is 161 cm³/mol. The van der Waals surface area contributed by atoms with E-state index in [1.54, 1.807) is 28.7 Å². The number of halogens is 2. The minimum absolute atomic E-state index is 0.102. The van der Waals surface area contributed by atoms with Crippen LogP contribution in [0.5, 0.6) is 11.6 Å². The summed E-state index contributed by atoms with van der Waals surface area (Å²) in [4.78, 5) is 14.1. The average Bonchev–Trinajstić information content (AvgIpc) is 3.31. The number of hydrogen-bond donors (Lipinski definition) is 2. The van der Waals surface area contributed by atoms with Crippen molar-refractivity contribution in [3.8, 4) is 23.4 Å². The molecule has 2 aliphatic rings. The number of allylic oxidation sites excluding steroid dienone is 3. The van der Waals surface area contributed by atoms with E-state index in [4.69, 9.17) is 15.6 Å². The fourth-order valence-corrected chi connectivity index (χ4v) is 5.89. The van der Waals surface area contributed by atoms with Gasteiger partial charge in [-0.05, 0) is 79.4 Å². The summed E-state index contributed by atoms with van der Waals surface area (Å²) in [5.74, 6) is -1.12. The lowest BCUT2D eigenvalue weighted by atomic mass is 9.69. The summed E-state index contributed by atoms with van der Waals surface area (Å²) >= 11 is 0. The number of Topliss-reactive ketones (excluding diaryl/α,β-unsaturated/α-hetero) is 1. The number of nitriles is 1. The molecule has 44 heavy (non-hydrogen) atoms. The molecule has 0 bridgehead atoms. The number of ether oxygens (including phenoxy) is 1. The van der Waals surface area contributed by atoms with Crippen molar-refractivity contribution >= 4 is 11.5 Å². The van der Waals surface area contributed by atoms with E-state index in [1.807, 2.05) is 44.2 Å². The molecule has 1 unspecified atom stereocenters. The van der Waals surface area contributed by atoms with Gasteiger partial charge in [0.1, 0.15) is 23.2 Å². The highest BCUT2D eigenvalue weighted by atomic mass is 19.1. The highest BCUT2D eigenvalue weighted by Crippen LogP contribution is 2.52. The van der Waals surface area contributed by atoms with Crippen LogP contribution < -0.4 is 15.9 Å². The third kappa shape index (κ3) is 5.17. The molecule has 0 spiro atoms. The van der Waals surface area contributed by atoms with Crippen molar-refractivity contribution in [2.75, 3.05) is 5.43 Å².